The summed E-state index contributed by atoms with van der Waals surface area (Å²) in [5.41, 5.74) is 0. The number of carbonyl (C=O) groups excluding carboxylic acids is 2. The van der Waals surface area contributed by atoms with Crippen LogP contribution in [-0.4, -0.2) is 73.6 Å². The van der Waals surface area contributed by atoms with Crippen LogP contribution in [0.4, 0.5) is 0 Å². The van der Waals surface area contributed by atoms with Gasteiger partial charge in [0.25, 0.3) is 0 Å². The maximum atomic E-state index is 12.1. The van der Waals surface area contributed by atoms with Crippen molar-refractivity contribution < 1.29 is 14.3 Å². The van der Waals surface area contributed by atoms with Crippen molar-refractivity contribution in [2.45, 2.75) is 19.4 Å². The van der Waals surface area contributed by atoms with Crippen LogP contribution in [0.3, 0.4) is 0 Å². The van der Waals surface area contributed by atoms with E-state index in [0.29, 0.717) is 32.8 Å². The average Bonchev–Trinajstić information content (AvgIpc) is 2.46. The second-order valence-corrected chi connectivity index (χ2v) is 4.69. The molecule has 0 aromatic heterocycles. The molecule has 6 nitrogen and oxygen atoms in total. The SMILES string of the molecule is CCC1CN(C(=O)C(=O)N2CCNCC2)CCO1. The Morgan fingerprint density at radius 1 is 1.17 bits per heavy atom. The van der Waals surface area contributed by atoms with E-state index < -0.39 is 0 Å². The molecule has 0 aromatic carbocycles. The van der Waals surface area contributed by atoms with Gasteiger partial charge < -0.3 is 19.9 Å². The first-order valence-corrected chi connectivity index (χ1v) is 6.63. The largest absolute Gasteiger partial charge is 0.375 e. The normalized spacial score (nSPS) is 25.1. The van der Waals surface area contributed by atoms with Crippen molar-refractivity contribution in [1.29, 1.82) is 0 Å². The van der Waals surface area contributed by atoms with Gasteiger partial charge >= 0.3 is 11.8 Å². The molecule has 2 amide bonds. The summed E-state index contributed by atoms with van der Waals surface area (Å²) in [6, 6.07) is 0. The first-order chi connectivity index (χ1) is 8.72. The van der Waals surface area contributed by atoms with Crippen LogP contribution in [0, 0.1) is 0 Å². The molecule has 2 aliphatic heterocycles. The second kappa shape index (κ2) is 6.15. The van der Waals surface area contributed by atoms with Crippen molar-refractivity contribution in [2.24, 2.45) is 0 Å². The molecule has 0 spiro atoms. The number of hydrogen-bond acceptors (Lipinski definition) is 4. The molecule has 0 aliphatic carbocycles. The number of nitrogens with zero attached hydrogens (tertiary/aromatic N) is 2. The summed E-state index contributed by atoms with van der Waals surface area (Å²) < 4.78 is 5.50. The summed E-state index contributed by atoms with van der Waals surface area (Å²) in [6.07, 6.45) is 0.935. The number of carbonyl (C=O) groups is 2. The zero-order chi connectivity index (χ0) is 13.0. The zero-order valence-corrected chi connectivity index (χ0v) is 10.9. The van der Waals surface area contributed by atoms with Gasteiger partial charge in [0.1, 0.15) is 0 Å². The van der Waals surface area contributed by atoms with Crippen LogP contribution < -0.4 is 5.32 Å². The predicted molar refractivity (Wildman–Crippen MR) is 66.1 cm³/mol. The van der Waals surface area contributed by atoms with Crippen molar-refractivity contribution in [3.05, 3.63) is 0 Å². The molecule has 0 aromatic rings. The molecule has 0 radical (unpaired) electrons. The van der Waals surface area contributed by atoms with Crippen LogP contribution >= 0.6 is 0 Å². The molecule has 102 valence electrons. The van der Waals surface area contributed by atoms with Gasteiger partial charge in [-0.05, 0) is 6.42 Å². The Bertz CT molecular complexity index is 316. The lowest BCUT2D eigenvalue weighted by Gasteiger charge is -2.34. The Labute approximate surface area is 107 Å². The molecule has 1 N–H and O–H groups in total. The van der Waals surface area contributed by atoms with Crippen LogP contribution in [-0.2, 0) is 14.3 Å². The summed E-state index contributed by atoms with van der Waals surface area (Å²) in [6.45, 7) is 6.37. The Morgan fingerprint density at radius 2 is 1.83 bits per heavy atom. The van der Waals surface area contributed by atoms with Crippen molar-refractivity contribution in [3.8, 4) is 0 Å². The molecule has 2 heterocycles. The first kappa shape index (κ1) is 13.3. The molecular weight excluding hydrogens is 234 g/mol. The van der Waals surface area contributed by atoms with E-state index in [1.807, 2.05) is 6.92 Å². The quantitative estimate of drug-likeness (QED) is 0.614. The van der Waals surface area contributed by atoms with Crippen molar-refractivity contribution in [3.63, 3.8) is 0 Å². The van der Waals surface area contributed by atoms with Gasteiger partial charge in [0, 0.05) is 39.3 Å². The predicted octanol–water partition coefficient (Wildman–Crippen LogP) is -0.944. The topological polar surface area (TPSA) is 61.9 Å². The van der Waals surface area contributed by atoms with Crippen LogP contribution in [0.5, 0.6) is 0 Å². The molecule has 2 aliphatic rings. The molecule has 18 heavy (non-hydrogen) atoms. The molecule has 2 saturated heterocycles. The van der Waals surface area contributed by atoms with Crippen molar-refractivity contribution in [1.82, 2.24) is 15.1 Å². The lowest BCUT2D eigenvalue weighted by molar-refractivity contribution is -0.156. The van der Waals surface area contributed by atoms with E-state index in [9.17, 15) is 9.59 Å². The third-order valence-electron chi connectivity index (χ3n) is 3.47. The van der Waals surface area contributed by atoms with E-state index in [4.69, 9.17) is 4.74 Å². The standard InChI is InChI=1S/C12H21N3O3/c1-2-10-9-15(7-8-18-10)12(17)11(16)14-5-3-13-4-6-14/h10,13H,2-9H2,1H3. The molecule has 1 atom stereocenters. The highest BCUT2D eigenvalue weighted by Gasteiger charge is 2.31. The highest BCUT2D eigenvalue weighted by atomic mass is 16.5. The van der Waals surface area contributed by atoms with Gasteiger partial charge in [-0.3, -0.25) is 9.59 Å². The third kappa shape index (κ3) is 3.00. The van der Waals surface area contributed by atoms with Crippen LogP contribution in [0.25, 0.3) is 0 Å². The van der Waals surface area contributed by atoms with Gasteiger partial charge in [0.2, 0.25) is 0 Å². The summed E-state index contributed by atoms with van der Waals surface area (Å²) in [7, 11) is 0. The number of ether oxygens (including phenoxy) is 1. The second-order valence-electron chi connectivity index (χ2n) is 4.69. The molecule has 6 heteroatoms. The van der Waals surface area contributed by atoms with Gasteiger partial charge in [-0.25, -0.2) is 0 Å². The van der Waals surface area contributed by atoms with Gasteiger partial charge in [-0.15, -0.1) is 0 Å². The van der Waals surface area contributed by atoms with Gasteiger partial charge in [0.15, 0.2) is 0 Å². The highest BCUT2D eigenvalue weighted by molar-refractivity contribution is 6.34. The maximum Gasteiger partial charge on any atom is 0.312 e. The number of hydrogen-bond donors (Lipinski definition) is 1. The van der Waals surface area contributed by atoms with E-state index >= 15 is 0 Å². The van der Waals surface area contributed by atoms with Crippen molar-refractivity contribution >= 4 is 11.8 Å². The minimum absolute atomic E-state index is 0.0681. The molecule has 1 unspecified atom stereocenters. The van der Waals surface area contributed by atoms with E-state index in [1.165, 1.54) is 0 Å². The van der Waals surface area contributed by atoms with E-state index in [-0.39, 0.29) is 17.9 Å². The van der Waals surface area contributed by atoms with Crippen LogP contribution in [0.15, 0.2) is 0 Å². The van der Waals surface area contributed by atoms with Gasteiger partial charge in [-0.2, -0.15) is 0 Å². The lowest BCUT2D eigenvalue weighted by Crippen LogP contribution is -2.55. The number of nitrogens with one attached hydrogen (secondary N) is 1. The summed E-state index contributed by atoms with van der Waals surface area (Å²) in [4.78, 5) is 27.4. The van der Waals surface area contributed by atoms with E-state index in [0.717, 1.165) is 19.5 Å². The van der Waals surface area contributed by atoms with E-state index in [1.54, 1.807) is 9.80 Å². The zero-order valence-electron chi connectivity index (χ0n) is 10.9. The van der Waals surface area contributed by atoms with E-state index in [2.05, 4.69) is 5.32 Å². The third-order valence-corrected chi connectivity index (χ3v) is 3.47. The molecule has 2 fully saturated rings. The monoisotopic (exact) mass is 255 g/mol. The van der Waals surface area contributed by atoms with Crippen LogP contribution in [0.2, 0.25) is 0 Å². The molecule has 0 saturated carbocycles. The Balaban J connectivity index is 1.91. The summed E-state index contributed by atoms with van der Waals surface area (Å²) >= 11 is 0. The van der Waals surface area contributed by atoms with Crippen LogP contribution in [0.1, 0.15) is 13.3 Å². The molecule has 2 rings (SSSR count). The fraction of sp³-hybridized carbons (Fsp3) is 0.833. The minimum Gasteiger partial charge on any atom is -0.375 e. The Morgan fingerprint density at radius 3 is 2.50 bits per heavy atom. The molecular formula is C12H21N3O3. The van der Waals surface area contributed by atoms with Gasteiger partial charge in [0.05, 0.1) is 12.7 Å². The number of piperazine rings is 1. The number of morpholine rings is 1. The number of amides is 2. The number of rotatable bonds is 1. The fourth-order valence-electron chi connectivity index (χ4n) is 2.29. The lowest BCUT2D eigenvalue weighted by atomic mass is 10.2. The minimum atomic E-state index is -0.376. The summed E-state index contributed by atoms with van der Waals surface area (Å²) in [5.74, 6) is -0.744. The first-order valence-electron chi connectivity index (χ1n) is 6.63. The highest BCUT2D eigenvalue weighted by Crippen LogP contribution is 2.09. The van der Waals surface area contributed by atoms with Crippen molar-refractivity contribution in [2.75, 3.05) is 45.9 Å². The van der Waals surface area contributed by atoms with Gasteiger partial charge in [-0.1, -0.05) is 6.92 Å². The fourth-order valence-corrected chi connectivity index (χ4v) is 2.29. The average molecular weight is 255 g/mol. The molecule has 0 bridgehead atoms. The Kier molecular flexibility index (Phi) is 4.54. The summed E-state index contributed by atoms with van der Waals surface area (Å²) in [5, 5.41) is 3.17. The smallest absolute Gasteiger partial charge is 0.312 e. The Hall–Kier alpha value is -1.14. The maximum absolute atomic E-state index is 12.1.